The van der Waals surface area contributed by atoms with Crippen LogP contribution < -0.4 is 5.73 Å². The highest BCUT2D eigenvalue weighted by Gasteiger charge is 2.25. The van der Waals surface area contributed by atoms with Gasteiger partial charge in [-0.3, -0.25) is 0 Å². The van der Waals surface area contributed by atoms with Gasteiger partial charge in [-0.1, -0.05) is 36.4 Å². The predicted octanol–water partition coefficient (Wildman–Crippen LogP) is 3.30. The number of hydrogen-bond donors (Lipinski definition) is 1. The first-order valence-electron chi connectivity index (χ1n) is 7.24. The molecule has 0 aliphatic carbocycles. The lowest BCUT2D eigenvalue weighted by Crippen LogP contribution is -2.37. The van der Waals surface area contributed by atoms with Gasteiger partial charge >= 0.3 is 0 Å². The number of hydrogen-bond acceptors (Lipinski definition) is 2. The number of nitrogens with zero attached hydrogens (tertiary/aromatic N) is 2. The van der Waals surface area contributed by atoms with Gasteiger partial charge in [0.2, 0.25) is 0 Å². The minimum Gasteiger partial charge on any atom is -0.331 e. The van der Waals surface area contributed by atoms with Gasteiger partial charge in [-0.15, -0.1) is 0 Å². The van der Waals surface area contributed by atoms with Crippen LogP contribution in [0.2, 0.25) is 0 Å². The van der Waals surface area contributed by atoms with Crippen molar-refractivity contribution in [2.45, 2.75) is 25.8 Å². The molecule has 1 aromatic heterocycles. The van der Waals surface area contributed by atoms with Crippen LogP contribution in [-0.2, 0) is 19.0 Å². The van der Waals surface area contributed by atoms with E-state index in [1.807, 2.05) is 30.3 Å². The van der Waals surface area contributed by atoms with Crippen molar-refractivity contribution < 1.29 is 0 Å². The van der Waals surface area contributed by atoms with Crippen LogP contribution in [-0.4, -0.2) is 9.55 Å². The molecule has 3 rings (SSSR count). The summed E-state index contributed by atoms with van der Waals surface area (Å²) in [6.45, 7) is 4.18. The number of para-hydroxylation sites is 2. The van der Waals surface area contributed by atoms with Crippen molar-refractivity contribution in [1.29, 1.82) is 0 Å². The first-order valence-corrected chi connectivity index (χ1v) is 7.24. The van der Waals surface area contributed by atoms with Crippen molar-refractivity contribution >= 4 is 11.0 Å². The fraction of sp³-hybridized carbons (Fsp3) is 0.278. The van der Waals surface area contributed by atoms with Crippen molar-refractivity contribution in [3.63, 3.8) is 0 Å². The molecule has 1 unspecified atom stereocenters. The van der Waals surface area contributed by atoms with Gasteiger partial charge in [-0.2, -0.15) is 0 Å². The Bertz CT molecular complexity index is 784. The van der Waals surface area contributed by atoms with Crippen LogP contribution in [0.1, 0.15) is 23.9 Å². The minimum absolute atomic E-state index is 0.430. The number of imidazole rings is 1. The Hall–Kier alpha value is -2.13. The maximum atomic E-state index is 6.61. The lowest BCUT2D eigenvalue weighted by atomic mass is 9.86. The van der Waals surface area contributed by atoms with Crippen LogP contribution in [0, 0.1) is 6.92 Å². The molecule has 2 N–H and O–H groups in total. The van der Waals surface area contributed by atoms with Crippen molar-refractivity contribution in [1.82, 2.24) is 9.55 Å². The molecule has 0 saturated carbocycles. The molecule has 0 fully saturated rings. The van der Waals surface area contributed by atoms with Crippen LogP contribution in [0.5, 0.6) is 0 Å². The molecule has 3 heteroatoms. The van der Waals surface area contributed by atoms with E-state index in [1.54, 1.807) is 0 Å². The third-order valence-electron chi connectivity index (χ3n) is 4.17. The average molecular weight is 279 g/mol. The summed E-state index contributed by atoms with van der Waals surface area (Å²) in [5, 5.41) is 0. The third-order valence-corrected chi connectivity index (χ3v) is 4.17. The average Bonchev–Trinajstić information content (AvgIpc) is 2.76. The second kappa shape index (κ2) is 5.01. The van der Waals surface area contributed by atoms with E-state index in [-0.39, 0.29) is 0 Å². The van der Waals surface area contributed by atoms with Gasteiger partial charge in [0.05, 0.1) is 11.0 Å². The zero-order chi connectivity index (χ0) is 15.0. The first kappa shape index (κ1) is 13.8. The first-order chi connectivity index (χ1) is 9.99. The molecular formula is C18H21N3. The van der Waals surface area contributed by atoms with Crippen molar-refractivity contribution in [2.75, 3.05) is 0 Å². The molecule has 2 aromatic carbocycles. The quantitative estimate of drug-likeness (QED) is 0.799. The Kier molecular flexibility index (Phi) is 3.30. The third kappa shape index (κ3) is 2.45. The fourth-order valence-electron chi connectivity index (χ4n) is 2.99. The number of aryl methyl sites for hydroxylation is 2. The molecule has 0 aliphatic rings. The van der Waals surface area contributed by atoms with E-state index in [4.69, 9.17) is 10.7 Å². The van der Waals surface area contributed by atoms with Gasteiger partial charge in [0, 0.05) is 19.0 Å². The predicted molar refractivity (Wildman–Crippen MR) is 87.1 cm³/mol. The molecule has 1 heterocycles. The number of nitrogens with two attached hydrogens (primary N) is 1. The van der Waals surface area contributed by atoms with Gasteiger partial charge in [-0.25, -0.2) is 4.98 Å². The molecule has 0 aliphatic heterocycles. The summed E-state index contributed by atoms with van der Waals surface area (Å²) in [5.74, 6) is 1.02. The SMILES string of the molecule is Cc1ccccc1C(C)(N)Cc1nc2ccccc2n1C. The Balaban J connectivity index is 2.01. The minimum atomic E-state index is -0.430. The maximum absolute atomic E-state index is 6.61. The molecule has 3 aromatic rings. The number of benzene rings is 2. The van der Waals surface area contributed by atoms with Gasteiger partial charge in [0.1, 0.15) is 5.82 Å². The summed E-state index contributed by atoms with van der Waals surface area (Å²) < 4.78 is 2.14. The van der Waals surface area contributed by atoms with Crippen molar-refractivity contribution in [3.05, 3.63) is 65.5 Å². The van der Waals surface area contributed by atoms with E-state index in [0.717, 1.165) is 16.9 Å². The summed E-state index contributed by atoms with van der Waals surface area (Å²) in [7, 11) is 2.05. The van der Waals surface area contributed by atoms with E-state index >= 15 is 0 Å². The largest absolute Gasteiger partial charge is 0.331 e. The van der Waals surface area contributed by atoms with E-state index < -0.39 is 5.54 Å². The Morgan fingerprint density at radius 1 is 1.10 bits per heavy atom. The summed E-state index contributed by atoms with van der Waals surface area (Å²) in [6.07, 6.45) is 0.711. The highest BCUT2D eigenvalue weighted by molar-refractivity contribution is 5.75. The molecule has 1 atom stereocenters. The van der Waals surface area contributed by atoms with Crippen LogP contribution >= 0.6 is 0 Å². The van der Waals surface area contributed by atoms with Gasteiger partial charge < -0.3 is 10.3 Å². The molecule has 0 spiro atoms. The smallest absolute Gasteiger partial charge is 0.111 e. The van der Waals surface area contributed by atoms with E-state index in [2.05, 4.69) is 43.7 Å². The normalized spacial score (nSPS) is 14.3. The maximum Gasteiger partial charge on any atom is 0.111 e. The van der Waals surface area contributed by atoms with E-state index in [0.29, 0.717) is 6.42 Å². The van der Waals surface area contributed by atoms with Crippen molar-refractivity contribution in [2.24, 2.45) is 12.8 Å². The summed E-state index contributed by atoms with van der Waals surface area (Å²) in [4.78, 5) is 4.74. The molecule has 0 amide bonds. The van der Waals surface area contributed by atoms with Crippen LogP contribution in [0.15, 0.2) is 48.5 Å². The Morgan fingerprint density at radius 2 is 1.76 bits per heavy atom. The lowest BCUT2D eigenvalue weighted by Gasteiger charge is -2.26. The zero-order valence-corrected chi connectivity index (χ0v) is 12.8. The highest BCUT2D eigenvalue weighted by Crippen LogP contribution is 2.26. The number of fused-ring (bicyclic) bond motifs is 1. The zero-order valence-electron chi connectivity index (χ0n) is 12.8. The number of aromatic nitrogens is 2. The van der Waals surface area contributed by atoms with Crippen LogP contribution in [0.25, 0.3) is 11.0 Å². The Labute approximate surface area is 125 Å². The number of rotatable bonds is 3. The molecule has 21 heavy (non-hydrogen) atoms. The second-order valence-corrected chi connectivity index (χ2v) is 5.98. The topological polar surface area (TPSA) is 43.8 Å². The standard InChI is InChI=1S/C18H21N3/c1-13-8-4-5-9-14(13)18(2,19)12-17-20-15-10-6-7-11-16(15)21(17)3/h4-11H,12,19H2,1-3H3. The Morgan fingerprint density at radius 3 is 2.48 bits per heavy atom. The van der Waals surface area contributed by atoms with Gasteiger partial charge in [0.25, 0.3) is 0 Å². The molecule has 108 valence electrons. The summed E-state index contributed by atoms with van der Waals surface area (Å²) in [5.41, 5.74) is 10.7. The monoisotopic (exact) mass is 279 g/mol. The second-order valence-electron chi connectivity index (χ2n) is 5.98. The molecule has 3 nitrogen and oxygen atoms in total. The van der Waals surface area contributed by atoms with Gasteiger partial charge in [-0.05, 0) is 37.1 Å². The molecular weight excluding hydrogens is 258 g/mol. The summed E-state index contributed by atoms with van der Waals surface area (Å²) >= 11 is 0. The highest BCUT2D eigenvalue weighted by atomic mass is 15.1. The summed E-state index contributed by atoms with van der Waals surface area (Å²) in [6, 6.07) is 16.5. The van der Waals surface area contributed by atoms with E-state index in [1.165, 1.54) is 11.1 Å². The van der Waals surface area contributed by atoms with Gasteiger partial charge in [0.15, 0.2) is 0 Å². The molecule has 0 saturated heterocycles. The lowest BCUT2D eigenvalue weighted by molar-refractivity contribution is 0.469. The fourth-order valence-corrected chi connectivity index (χ4v) is 2.99. The van der Waals surface area contributed by atoms with Crippen molar-refractivity contribution in [3.8, 4) is 0 Å². The molecule has 0 bridgehead atoms. The van der Waals surface area contributed by atoms with E-state index in [9.17, 15) is 0 Å². The molecule has 0 radical (unpaired) electrons. The van der Waals surface area contributed by atoms with Crippen LogP contribution in [0.3, 0.4) is 0 Å². The van der Waals surface area contributed by atoms with Crippen LogP contribution in [0.4, 0.5) is 0 Å².